The molecule has 1 saturated carbocycles. The average Bonchev–Trinajstić information content (AvgIpc) is 2.77. The first-order valence-electron chi connectivity index (χ1n) is 7.91. The van der Waals surface area contributed by atoms with Crippen LogP contribution in [-0.2, 0) is 13.5 Å². The second-order valence-electron chi connectivity index (χ2n) is 6.10. The molecule has 0 aromatic carbocycles. The van der Waals surface area contributed by atoms with Gasteiger partial charge in [-0.2, -0.15) is 5.10 Å². The molecule has 0 radical (unpaired) electrons. The summed E-state index contributed by atoms with van der Waals surface area (Å²) >= 11 is 0. The number of aromatic nitrogens is 2. The van der Waals surface area contributed by atoms with Crippen LogP contribution in [0.3, 0.4) is 0 Å². The monoisotopic (exact) mass is 263 g/mol. The van der Waals surface area contributed by atoms with Crippen LogP contribution < -0.4 is 5.32 Å². The highest BCUT2D eigenvalue weighted by Gasteiger charge is 2.29. The Morgan fingerprint density at radius 2 is 2.21 bits per heavy atom. The third-order valence-corrected chi connectivity index (χ3v) is 4.52. The number of nitrogens with zero attached hydrogens (tertiary/aromatic N) is 2. The molecule has 0 amide bonds. The summed E-state index contributed by atoms with van der Waals surface area (Å²) in [6.07, 6.45) is 6.51. The second kappa shape index (κ2) is 6.56. The van der Waals surface area contributed by atoms with E-state index in [2.05, 4.69) is 49.0 Å². The molecule has 1 aromatic rings. The predicted molar refractivity (Wildman–Crippen MR) is 80.1 cm³/mol. The molecule has 108 valence electrons. The topological polar surface area (TPSA) is 29.9 Å². The number of rotatable bonds is 5. The summed E-state index contributed by atoms with van der Waals surface area (Å²) in [5.41, 5.74) is 2.59. The molecule has 3 unspecified atom stereocenters. The van der Waals surface area contributed by atoms with Crippen molar-refractivity contribution in [3.8, 4) is 0 Å². The highest BCUT2D eigenvalue weighted by molar-refractivity contribution is 5.15. The van der Waals surface area contributed by atoms with Gasteiger partial charge in [-0.25, -0.2) is 0 Å². The van der Waals surface area contributed by atoms with Crippen LogP contribution in [0.15, 0.2) is 6.07 Å². The second-order valence-corrected chi connectivity index (χ2v) is 6.10. The molecule has 19 heavy (non-hydrogen) atoms. The Kier molecular flexibility index (Phi) is 5.03. The summed E-state index contributed by atoms with van der Waals surface area (Å²) in [6, 6.07) is 2.78. The fourth-order valence-corrected chi connectivity index (χ4v) is 3.52. The molecule has 1 aliphatic rings. The highest BCUT2D eigenvalue weighted by Crippen LogP contribution is 2.37. The first-order valence-corrected chi connectivity index (χ1v) is 7.91. The molecule has 1 N–H and O–H groups in total. The minimum atomic E-state index is 0.477. The zero-order valence-corrected chi connectivity index (χ0v) is 12.9. The summed E-state index contributed by atoms with van der Waals surface area (Å²) in [4.78, 5) is 0. The lowest BCUT2D eigenvalue weighted by molar-refractivity contribution is 0.219. The molecule has 1 fully saturated rings. The van der Waals surface area contributed by atoms with Crippen LogP contribution in [-0.4, -0.2) is 16.3 Å². The fourth-order valence-electron chi connectivity index (χ4n) is 3.52. The third kappa shape index (κ3) is 3.38. The van der Waals surface area contributed by atoms with Gasteiger partial charge >= 0.3 is 0 Å². The van der Waals surface area contributed by atoms with Crippen molar-refractivity contribution in [2.45, 2.75) is 58.9 Å². The van der Waals surface area contributed by atoms with Crippen LogP contribution >= 0.6 is 0 Å². The van der Waals surface area contributed by atoms with E-state index in [4.69, 9.17) is 0 Å². The number of nitrogens with one attached hydrogen (secondary N) is 1. The molecule has 1 heterocycles. The van der Waals surface area contributed by atoms with Gasteiger partial charge in [-0.15, -0.1) is 0 Å². The first-order chi connectivity index (χ1) is 9.15. The van der Waals surface area contributed by atoms with E-state index in [0.717, 1.165) is 24.8 Å². The van der Waals surface area contributed by atoms with Crippen LogP contribution in [0.2, 0.25) is 0 Å². The minimum Gasteiger partial charge on any atom is -0.309 e. The van der Waals surface area contributed by atoms with Crippen LogP contribution in [0.4, 0.5) is 0 Å². The van der Waals surface area contributed by atoms with Crippen molar-refractivity contribution in [1.29, 1.82) is 0 Å². The Hall–Kier alpha value is -0.830. The molecule has 1 aromatic heterocycles. The maximum absolute atomic E-state index is 4.62. The van der Waals surface area contributed by atoms with Gasteiger partial charge in [-0.3, -0.25) is 4.68 Å². The van der Waals surface area contributed by atoms with E-state index in [1.807, 2.05) is 0 Å². The Morgan fingerprint density at radius 3 is 2.79 bits per heavy atom. The normalized spacial score (nSPS) is 25.5. The Balaban J connectivity index is 2.20. The maximum Gasteiger partial charge on any atom is 0.0625 e. The van der Waals surface area contributed by atoms with E-state index in [0.29, 0.717) is 6.04 Å². The van der Waals surface area contributed by atoms with E-state index in [-0.39, 0.29) is 0 Å². The van der Waals surface area contributed by atoms with Crippen molar-refractivity contribution < 1.29 is 0 Å². The Labute approximate surface area is 117 Å². The fraction of sp³-hybridized carbons (Fsp3) is 0.812. The first kappa shape index (κ1) is 14.6. The van der Waals surface area contributed by atoms with Gasteiger partial charge in [0.05, 0.1) is 17.4 Å². The molecule has 3 nitrogen and oxygen atoms in total. The smallest absolute Gasteiger partial charge is 0.0625 e. The van der Waals surface area contributed by atoms with Crippen molar-refractivity contribution in [2.75, 3.05) is 6.54 Å². The maximum atomic E-state index is 4.62. The summed E-state index contributed by atoms with van der Waals surface area (Å²) in [5, 5.41) is 8.33. The van der Waals surface area contributed by atoms with Crippen molar-refractivity contribution in [2.24, 2.45) is 18.9 Å². The minimum absolute atomic E-state index is 0.477. The SMILES string of the molecule is CCNC(c1cc(CC)nn1C)C1CCCC(C)C1. The van der Waals surface area contributed by atoms with Gasteiger partial charge in [0, 0.05) is 7.05 Å². The third-order valence-electron chi connectivity index (χ3n) is 4.52. The van der Waals surface area contributed by atoms with Gasteiger partial charge in [-0.1, -0.05) is 33.6 Å². The zero-order chi connectivity index (χ0) is 13.8. The summed E-state index contributed by atoms with van der Waals surface area (Å²) in [5.74, 6) is 1.64. The molecule has 3 atom stereocenters. The summed E-state index contributed by atoms with van der Waals surface area (Å²) in [7, 11) is 2.09. The lowest BCUT2D eigenvalue weighted by Crippen LogP contribution is -2.32. The standard InChI is InChI=1S/C16H29N3/c1-5-14-11-15(19(4)18-14)16(17-6-2)13-9-7-8-12(3)10-13/h11-13,16-17H,5-10H2,1-4H3. The number of hydrogen-bond donors (Lipinski definition) is 1. The number of hydrogen-bond acceptors (Lipinski definition) is 2. The summed E-state index contributed by atoms with van der Waals surface area (Å²) in [6.45, 7) is 7.81. The lowest BCUT2D eigenvalue weighted by Gasteiger charge is -2.33. The van der Waals surface area contributed by atoms with E-state index in [9.17, 15) is 0 Å². The van der Waals surface area contributed by atoms with Crippen LogP contribution in [0.1, 0.15) is 63.9 Å². The van der Waals surface area contributed by atoms with Crippen molar-refractivity contribution >= 4 is 0 Å². The van der Waals surface area contributed by atoms with Crippen molar-refractivity contribution in [3.05, 3.63) is 17.5 Å². The molecule has 2 rings (SSSR count). The largest absolute Gasteiger partial charge is 0.309 e. The Bertz CT molecular complexity index is 397. The van der Waals surface area contributed by atoms with E-state index < -0.39 is 0 Å². The van der Waals surface area contributed by atoms with Crippen LogP contribution in [0, 0.1) is 11.8 Å². The van der Waals surface area contributed by atoms with Crippen molar-refractivity contribution in [3.63, 3.8) is 0 Å². The quantitative estimate of drug-likeness (QED) is 0.881. The average molecular weight is 263 g/mol. The van der Waals surface area contributed by atoms with Crippen LogP contribution in [0.25, 0.3) is 0 Å². The molecular formula is C16H29N3. The number of aryl methyl sites for hydroxylation is 2. The molecule has 0 aliphatic heterocycles. The Morgan fingerprint density at radius 1 is 1.42 bits per heavy atom. The van der Waals surface area contributed by atoms with E-state index in [1.54, 1.807) is 0 Å². The molecule has 0 saturated heterocycles. The van der Waals surface area contributed by atoms with Crippen molar-refractivity contribution in [1.82, 2.24) is 15.1 Å². The van der Waals surface area contributed by atoms with Crippen LogP contribution in [0.5, 0.6) is 0 Å². The van der Waals surface area contributed by atoms with E-state index >= 15 is 0 Å². The molecule has 3 heteroatoms. The van der Waals surface area contributed by atoms with Gasteiger partial charge in [0.1, 0.15) is 0 Å². The highest BCUT2D eigenvalue weighted by atomic mass is 15.3. The van der Waals surface area contributed by atoms with Gasteiger partial charge in [0.2, 0.25) is 0 Å². The van der Waals surface area contributed by atoms with Gasteiger partial charge in [0.15, 0.2) is 0 Å². The lowest BCUT2D eigenvalue weighted by atomic mass is 9.77. The van der Waals surface area contributed by atoms with Gasteiger partial charge in [-0.05, 0) is 43.7 Å². The van der Waals surface area contributed by atoms with E-state index in [1.165, 1.54) is 37.1 Å². The predicted octanol–water partition coefficient (Wildman–Crippen LogP) is 3.46. The molecule has 1 aliphatic carbocycles. The summed E-state index contributed by atoms with van der Waals surface area (Å²) < 4.78 is 2.09. The van der Waals surface area contributed by atoms with Gasteiger partial charge < -0.3 is 5.32 Å². The zero-order valence-electron chi connectivity index (χ0n) is 12.9. The molecule has 0 bridgehead atoms. The van der Waals surface area contributed by atoms with Gasteiger partial charge in [0.25, 0.3) is 0 Å². The molecular weight excluding hydrogens is 234 g/mol. The molecule has 0 spiro atoms.